The average Bonchev–Trinajstić information content (AvgIpc) is 2.67. The lowest BCUT2D eigenvalue weighted by Crippen LogP contribution is -2.40. The zero-order valence-electron chi connectivity index (χ0n) is 14.7. The molecule has 146 valence electrons. The van der Waals surface area contributed by atoms with E-state index in [1.165, 1.54) is 24.3 Å². The van der Waals surface area contributed by atoms with Crippen LogP contribution in [0.2, 0.25) is 0 Å². The van der Waals surface area contributed by atoms with Gasteiger partial charge in [0.15, 0.2) is 4.90 Å². The molecule has 1 aliphatic rings. The van der Waals surface area contributed by atoms with Gasteiger partial charge in [0.2, 0.25) is 0 Å². The highest BCUT2D eigenvalue weighted by molar-refractivity contribution is 7.92. The van der Waals surface area contributed by atoms with Crippen LogP contribution >= 0.6 is 0 Å². The summed E-state index contributed by atoms with van der Waals surface area (Å²) in [5.41, 5.74) is 0.353. The van der Waals surface area contributed by atoms with Crippen molar-refractivity contribution in [2.45, 2.75) is 35.6 Å². The molecule has 2 aromatic carbocycles. The van der Waals surface area contributed by atoms with Gasteiger partial charge < -0.3 is 9.45 Å². The fraction of sp³-hybridized carbons (Fsp3) is 0.400. The number of hydrogen-bond acceptors (Lipinski definition) is 2. The van der Waals surface area contributed by atoms with Crippen molar-refractivity contribution in [3.63, 3.8) is 0 Å². The number of nitrogens with zero attached hydrogens (tertiary/aromatic N) is 1. The Balaban J connectivity index is 1.48. The summed E-state index contributed by atoms with van der Waals surface area (Å²) in [7, 11) is 0. The maximum absolute atomic E-state index is 12.9. The Labute approximate surface area is 159 Å². The van der Waals surface area contributed by atoms with Crippen LogP contribution in [0.3, 0.4) is 0 Å². The quantitative estimate of drug-likeness (QED) is 0.540. The molecule has 2 nitrogen and oxygen atoms in total. The van der Waals surface area contributed by atoms with E-state index < -0.39 is 22.9 Å². The van der Waals surface area contributed by atoms with Crippen LogP contribution in [0.1, 0.15) is 24.0 Å². The Morgan fingerprint density at radius 1 is 0.963 bits per heavy atom. The van der Waals surface area contributed by atoms with E-state index in [0.717, 1.165) is 56.6 Å². The smallest absolute Gasteiger partial charge is 0.416 e. The van der Waals surface area contributed by atoms with Crippen molar-refractivity contribution < 1.29 is 22.1 Å². The molecule has 27 heavy (non-hydrogen) atoms. The van der Waals surface area contributed by atoms with Crippen LogP contribution in [0, 0.1) is 5.82 Å². The van der Waals surface area contributed by atoms with E-state index in [1.807, 2.05) is 0 Å². The third kappa shape index (κ3) is 5.46. The number of hydrogen-bond donors (Lipinski definition) is 0. The number of halogens is 4. The predicted molar refractivity (Wildman–Crippen MR) is 97.4 cm³/mol. The molecule has 0 aromatic heterocycles. The first kappa shape index (κ1) is 20.2. The minimum absolute atomic E-state index is 0.0381. The number of likely N-dealkylation sites (tertiary alicyclic amines) is 1. The Kier molecular flexibility index (Phi) is 6.44. The minimum Gasteiger partial charge on any atom is -0.611 e. The average molecular weight is 399 g/mol. The molecule has 0 radical (unpaired) electrons. The normalized spacial score (nSPS) is 17.8. The molecule has 1 fully saturated rings. The second kappa shape index (κ2) is 8.63. The maximum atomic E-state index is 12.9. The van der Waals surface area contributed by atoms with Crippen molar-refractivity contribution in [1.82, 2.24) is 4.90 Å². The molecule has 1 heterocycles. The molecule has 2 aromatic rings. The monoisotopic (exact) mass is 399 g/mol. The highest BCUT2D eigenvalue weighted by Gasteiger charge is 2.32. The number of rotatable bonds is 5. The summed E-state index contributed by atoms with van der Waals surface area (Å²) < 4.78 is 63.5. The third-order valence-electron chi connectivity index (χ3n) is 4.88. The van der Waals surface area contributed by atoms with Gasteiger partial charge in [-0.1, -0.05) is 12.1 Å². The van der Waals surface area contributed by atoms with Gasteiger partial charge in [-0.2, -0.15) is 13.2 Å². The summed E-state index contributed by atoms with van der Waals surface area (Å²) in [6.45, 7) is 2.46. The summed E-state index contributed by atoms with van der Waals surface area (Å²) in [6, 6.07) is 11.1. The van der Waals surface area contributed by atoms with E-state index in [2.05, 4.69) is 4.90 Å². The highest BCUT2D eigenvalue weighted by Crippen LogP contribution is 2.31. The summed E-state index contributed by atoms with van der Waals surface area (Å²) in [5, 5.41) is -0.0381. The van der Waals surface area contributed by atoms with E-state index in [0.29, 0.717) is 4.90 Å². The topological polar surface area (TPSA) is 26.3 Å². The standard InChI is InChI=1S/C20H21F4NOS/c21-17-5-1-15(2-6-17)9-12-25-13-10-19(11-14-25)27(26)18-7-3-16(4-8-18)20(22,23)24/h1-8,19H,9-14H2. The molecule has 0 bridgehead atoms. The lowest BCUT2D eigenvalue weighted by atomic mass is 10.1. The van der Waals surface area contributed by atoms with Crippen LogP contribution in [0.15, 0.2) is 53.4 Å². The zero-order valence-corrected chi connectivity index (χ0v) is 15.5. The van der Waals surface area contributed by atoms with Gasteiger partial charge in [0.25, 0.3) is 0 Å². The molecular weight excluding hydrogens is 378 g/mol. The van der Waals surface area contributed by atoms with Crippen LogP contribution in [-0.4, -0.2) is 34.3 Å². The third-order valence-corrected chi connectivity index (χ3v) is 6.69. The summed E-state index contributed by atoms with van der Waals surface area (Å²) in [5.74, 6) is -0.245. The van der Waals surface area contributed by atoms with Gasteiger partial charge in [-0.15, -0.1) is 0 Å². The molecule has 1 aliphatic heterocycles. The van der Waals surface area contributed by atoms with Crippen LogP contribution in [0.4, 0.5) is 17.6 Å². The lowest BCUT2D eigenvalue weighted by molar-refractivity contribution is -0.137. The summed E-state index contributed by atoms with van der Waals surface area (Å²) in [4.78, 5) is 2.73. The van der Waals surface area contributed by atoms with Crippen molar-refractivity contribution in [2.24, 2.45) is 0 Å². The Morgan fingerprint density at radius 2 is 1.56 bits per heavy atom. The van der Waals surface area contributed by atoms with Gasteiger partial charge in [-0.05, 0) is 59.6 Å². The molecule has 7 heteroatoms. The van der Waals surface area contributed by atoms with Crippen molar-refractivity contribution >= 4 is 11.2 Å². The lowest BCUT2D eigenvalue weighted by Gasteiger charge is -2.32. The highest BCUT2D eigenvalue weighted by atomic mass is 32.2. The van der Waals surface area contributed by atoms with Gasteiger partial charge >= 0.3 is 6.18 Å². The molecule has 0 N–H and O–H groups in total. The Morgan fingerprint density at radius 3 is 2.11 bits per heavy atom. The van der Waals surface area contributed by atoms with Gasteiger partial charge in [-0.25, -0.2) is 4.39 Å². The molecular formula is C20H21F4NOS. The van der Waals surface area contributed by atoms with E-state index in [9.17, 15) is 22.1 Å². The van der Waals surface area contributed by atoms with Gasteiger partial charge in [-0.3, -0.25) is 0 Å². The van der Waals surface area contributed by atoms with Crippen molar-refractivity contribution in [3.8, 4) is 0 Å². The second-order valence-corrected chi connectivity index (χ2v) is 8.47. The SMILES string of the molecule is [O-][S+](c1ccc(C(F)(F)F)cc1)C1CCN(CCc2ccc(F)cc2)CC1. The molecule has 1 unspecified atom stereocenters. The number of piperidine rings is 1. The predicted octanol–water partition coefficient (Wildman–Crippen LogP) is 4.66. The summed E-state index contributed by atoms with van der Waals surface area (Å²) >= 11 is -1.30. The largest absolute Gasteiger partial charge is 0.611 e. The van der Waals surface area contributed by atoms with E-state index in [-0.39, 0.29) is 11.1 Å². The van der Waals surface area contributed by atoms with Crippen LogP contribution in [0.5, 0.6) is 0 Å². The van der Waals surface area contributed by atoms with Crippen molar-refractivity contribution in [2.75, 3.05) is 19.6 Å². The van der Waals surface area contributed by atoms with E-state index >= 15 is 0 Å². The fourth-order valence-electron chi connectivity index (χ4n) is 3.26. The first-order valence-corrected chi connectivity index (χ1v) is 10.1. The molecule has 0 aliphatic carbocycles. The summed E-state index contributed by atoms with van der Waals surface area (Å²) in [6.07, 6.45) is -2.06. The molecule has 3 rings (SSSR count). The Hall–Kier alpha value is -1.57. The Bertz CT molecular complexity index is 725. The van der Waals surface area contributed by atoms with Crippen LogP contribution < -0.4 is 0 Å². The van der Waals surface area contributed by atoms with Gasteiger partial charge in [0.05, 0.1) is 5.56 Å². The number of alkyl halides is 3. The molecule has 1 saturated heterocycles. The minimum atomic E-state index is -4.38. The number of benzene rings is 2. The van der Waals surface area contributed by atoms with E-state index in [4.69, 9.17) is 0 Å². The van der Waals surface area contributed by atoms with Crippen molar-refractivity contribution in [1.29, 1.82) is 0 Å². The van der Waals surface area contributed by atoms with Gasteiger partial charge in [0, 0.05) is 32.5 Å². The van der Waals surface area contributed by atoms with Gasteiger partial charge in [0.1, 0.15) is 11.1 Å². The van der Waals surface area contributed by atoms with Crippen LogP contribution in [0.25, 0.3) is 0 Å². The molecule has 0 saturated carbocycles. The first-order chi connectivity index (χ1) is 12.8. The first-order valence-electron chi connectivity index (χ1n) is 8.87. The fourth-order valence-corrected chi connectivity index (χ4v) is 4.68. The molecule has 1 atom stereocenters. The molecule has 0 spiro atoms. The van der Waals surface area contributed by atoms with Crippen molar-refractivity contribution in [3.05, 3.63) is 65.5 Å². The van der Waals surface area contributed by atoms with Crippen LogP contribution in [-0.2, 0) is 23.8 Å². The molecule has 0 amide bonds. The second-order valence-electron chi connectivity index (χ2n) is 6.74. The zero-order chi connectivity index (χ0) is 19.4. The maximum Gasteiger partial charge on any atom is 0.416 e. The van der Waals surface area contributed by atoms with E-state index in [1.54, 1.807) is 12.1 Å².